The standard InChI is InChI=1S/C24H24O8/c1-5-29-23(26)14(3)31-17-11-12-18-19(13-17)32-22(24(27)30-6-2)20(21(18)25)15-7-9-16(28-4)10-8-15/h7-14H,5-6H2,1-4H3. The minimum Gasteiger partial charge on any atom is -0.497 e. The van der Waals surface area contributed by atoms with Crippen molar-refractivity contribution in [3.8, 4) is 22.6 Å². The molecular weight excluding hydrogens is 416 g/mol. The third kappa shape index (κ3) is 4.74. The highest BCUT2D eigenvalue weighted by Gasteiger charge is 2.24. The number of hydrogen-bond acceptors (Lipinski definition) is 8. The van der Waals surface area contributed by atoms with Gasteiger partial charge in [0.05, 0.1) is 31.3 Å². The summed E-state index contributed by atoms with van der Waals surface area (Å²) in [6.45, 7) is 5.26. The van der Waals surface area contributed by atoms with Gasteiger partial charge in [0, 0.05) is 6.07 Å². The maximum Gasteiger partial charge on any atom is 0.375 e. The van der Waals surface area contributed by atoms with Gasteiger partial charge in [-0.2, -0.15) is 0 Å². The molecule has 0 bridgehead atoms. The zero-order chi connectivity index (χ0) is 23.3. The number of ether oxygens (including phenoxy) is 4. The maximum absolute atomic E-state index is 13.3. The van der Waals surface area contributed by atoms with Crippen LogP contribution in [0, 0.1) is 0 Å². The molecule has 1 aromatic heterocycles. The van der Waals surface area contributed by atoms with E-state index in [1.165, 1.54) is 19.2 Å². The fourth-order valence-corrected chi connectivity index (χ4v) is 3.12. The number of carbonyl (C=O) groups is 2. The summed E-state index contributed by atoms with van der Waals surface area (Å²) in [4.78, 5) is 37.8. The van der Waals surface area contributed by atoms with Crippen molar-refractivity contribution < 1.29 is 33.0 Å². The van der Waals surface area contributed by atoms with E-state index in [0.29, 0.717) is 11.3 Å². The largest absolute Gasteiger partial charge is 0.497 e. The molecule has 1 unspecified atom stereocenters. The van der Waals surface area contributed by atoms with Crippen molar-refractivity contribution in [2.75, 3.05) is 20.3 Å². The summed E-state index contributed by atoms with van der Waals surface area (Å²) in [7, 11) is 1.53. The maximum atomic E-state index is 13.3. The van der Waals surface area contributed by atoms with Gasteiger partial charge in [-0.3, -0.25) is 4.79 Å². The summed E-state index contributed by atoms with van der Waals surface area (Å²) in [5, 5.41) is 0.250. The Hall–Kier alpha value is -3.81. The zero-order valence-electron chi connectivity index (χ0n) is 18.3. The minimum atomic E-state index is -0.859. The van der Waals surface area contributed by atoms with Crippen LogP contribution in [-0.2, 0) is 14.3 Å². The SMILES string of the molecule is CCOC(=O)c1oc2cc(OC(C)C(=O)OCC)ccc2c(=O)c1-c1ccc(OC)cc1. The first-order valence-electron chi connectivity index (χ1n) is 10.1. The molecule has 1 heterocycles. The van der Waals surface area contributed by atoms with Crippen LogP contribution in [0.1, 0.15) is 31.3 Å². The number of rotatable bonds is 8. The Morgan fingerprint density at radius 1 is 0.969 bits per heavy atom. The van der Waals surface area contributed by atoms with Crippen LogP contribution in [0.3, 0.4) is 0 Å². The number of esters is 2. The van der Waals surface area contributed by atoms with Crippen LogP contribution in [0.25, 0.3) is 22.1 Å². The van der Waals surface area contributed by atoms with E-state index in [1.807, 2.05) is 0 Å². The molecule has 0 spiro atoms. The van der Waals surface area contributed by atoms with Crippen molar-refractivity contribution in [1.82, 2.24) is 0 Å². The predicted molar refractivity (Wildman–Crippen MR) is 117 cm³/mol. The van der Waals surface area contributed by atoms with E-state index in [4.69, 9.17) is 23.4 Å². The molecular formula is C24H24O8. The number of fused-ring (bicyclic) bond motifs is 1. The van der Waals surface area contributed by atoms with E-state index in [0.717, 1.165) is 0 Å². The van der Waals surface area contributed by atoms with Gasteiger partial charge in [0.1, 0.15) is 17.1 Å². The number of carbonyl (C=O) groups excluding carboxylic acids is 2. The van der Waals surface area contributed by atoms with Gasteiger partial charge in [-0.1, -0.05) is 12.1 Å². The Morgan fingerprint density at radius 2 is 1.62 bits per heavy atom. The second-order valence-corrected chi connectivity index (χ2v) is 6.75. The van der Waals surface area contributed by atoms with Gasteiger partial charge in [-0.05, 0) is 50.6 Å². The monoisotopic (exact) mass is 440 g/mol. The molecule has 8 nitrogen and oxygen atoms in total. The van der Waals surface area contributed by atoms with Crippen LogP contribution in [0.15, 0.2) is 51.7 Å². The van der Waals surface area contributed by atoms with Crippen molar-refractivity contribution >= 4 is 22.9 Å². The highest BCUT2D eigenvalue weighted by atomic mass is 16.6. The van der Waals surface area contributed by atoms with Crippen molar-refractivity contribution in [1.29, 1.82) is 0 Å². The lowest BCUT2D eigenvalue weighted by molar-refractivity contribution is -0.150. The normalized spacial score (nSPS) is 11.6. The molecule has 3 rings (SSSR count). The number of benzene rings is 2. The fourth-order valence-electron chi connectivity index (χ4n) is 3.12. The van der Waals surface area contributed by atoms with Crippen LogP contribution >= 0.6 is 0 Å². The molecule has 8 heteroatoms. The Morgan fingerprint density at radius 3 is 2.25 bits per heavy atom. The molecule has 0 fully saturated rings. The molecule has 2 aromatic carbocycles. The topological polar surface area (TPSA) is 101 Å². The van der Waals surface area contributed by atoms with Gasteiger partial charge in [0.25, 0.3) is 0 Å². The molecule has 0 N–H and O–H groups in total. The molecule has 0 amide bonds. The average molecular weight is 440 g/mol. The smallest absolute Gasteiger partial charge is 0.375 e. The second kappa shape index (κ2) is 10.00. The lowest BCUT2D eigenvalue weighted by Crippen LogP contribution is -2.26. The highest BCUT2D eigenvalue weighted by molar-refractivity contribution is 5.97. The second-order valence-electron chi connectivity index (χ2n) is 6.75. The molecule has 32 heavy (non-hydrogen) atoms. The lowest BCUT2D eigenvalue weighted by atomic mass is 10.0. The molecule has 0 radical (unpaired) electrons. The fraction of sp³-hybridized carbons (Fsp3) is 0.292. The lowest BCUT2D eigenvalue weighted by Gasteiger charge is -2.14. The molecule has 168 valence electrons. The molecule has 0 aliphatic heterocycles. The summed E-state index contributed by atoms with van der Waals surface area (Å²) in [5.74, 6) is -0.605. The zero-order valence-corrected chi connectivity index (χ0v) is 18.3. The van der Waals surface area contributed by atoms with Gasteiger partial charge < -0.3 is 23.4 Å². The van der Waals surface area contributed by atoms with E-state index >= 15 is 0 Å². The Labute approximate surface area is 184 Å². The first-order chi connectivity index (χ1) is 15.4. The van der Waals surface area contributed by atoms with Crippen molar-refractivity contribution in [2.45, 2.75) is 26.9 Å². The number of hydrogen-bond donors (Lipinski definition) is 0. The molecule has 0 saturated heterocycles. The van der Waals surface area contributed by atoms with Gasteiger partial charge >= 0.3 is 11.9 Å². The molecule has 0 aliphatic carbocycles. The average Bonchev–Trinajstić information content (AvgIpc) is 2.79. The minimum absolute atomic E-state index is 0.0900. The van der Waals surface area contributed by atoms with Crippen LogP contribution in [-0.4, -0.2) is 38.4 Å². The number of methoxy groups -OCH3 is 1. The van der Waals surface area contributed by atoms with E-state index in [-0.39, 0.29) is 41.3 Å². The van der Waals surface area contributed by atoms with Crippen LogP contribution < -0.4 is 14.9 Å². The highest BCUT2D eigenvalue weighted by Crippen LogP contribution is 2.29. The van der Waals surface area contributed by atoms with Crippen LogP contribution in [0.5, 0.6) is 11.5 Å². The van der Waals surface area contributed by atoms with E-state index in [2.05, 4.69) is 0 Å². The van der Waals surface area contributed by atoms with E-state index in [9.17, 15) is 14.4 Å². The Balaban J connectivity index is 2.12. The molecule has 0 saturated carbocycles. The first-order valence-corrected chi connectivity index (χ1v) is 10.1. The summed E-state index contributed by atoms with van der Waals surface area (Å²) in [5.41, 5.74) is 0.307. The van der Waals surface area contributed by atoms with Gasteiger partial charge in [0.15, 0.2) is 6.10 Å². The molecule has 3 aromatic rings. The van der Waals surface area contributed by atoms with Gasteiger partial charge in [-0.15, -0.1) is 0 Å². The van der Waals surface area contributed by atoms with Crippen LogP contribution in [0.4, 0.5) is 0 Å². The summed E-state index contributed by atoms with van der Waals surface area (Å²) >= 11 is 0. The quantitative estimate of drug-likeness (QED) is 0.485. The predicted octanol–water partition coefficient (Wildman–Crippen LogP) is 3.98. The summed E-state index contributed by atoms with van der Waals surface area (Å²) < 4.78 is 26.6. The van der Waals surface area contributed by atoms with Gasteiger partial charge in [0.2, 0.25) is 11.2 Å². The summed E-state index contributed by atoms with van der Waals surface area (Å²) in [6.07, 6.45) is -0.859. The van der Waals surface area contributed by atoms with Crippen molar-refractivity contribution in [3.63, 3.8) is 0 Å². The van der Waals surface area contributed by atoms with Crippen molar-refractivity contribution in [3.05, 3.63) is 58.4 Å². The van der Waals surface area contributed by atoms with E-state index < -0.39 is 23.5 Å². The molecule has 0 aliphatic rings. The Kier molecular flexibility index (Phi) is 7.14. The van der Waals surface area contributed by atoms with Crippen molar-refractivity contribution in [2.24, 2.45) is 0 Å². The Bertz CT molecular complexity index is 1180. The third-order valence-electron chi connectivity index (χ3n) is 4.63. The first kappa shape index (κ1) is 22.9. The third-order valence-corrected chi connectivity index (χ3v) is 4.63. The van der Waals surface area contributed by atoms with E-state index in [1.54, 1.807) is 51.1 Å². The van der Waals surface area contributed by atoms with Crippen LogP contribution in [0.2, 0.25) is 0 Å². The molecule has 1 atom stereocenters. The van der Waals surface area contributed by atoms with Gasteiger partial charge in [-0.25, -0.2) is 9.59 Å². The summed E-state index contributed by atoms with van der Waals surface area (Å²) in [6, 6.07) is 11.2.